The van der Waals surface area contributed by atoms with Crippen LogP contribution >= 0.6 is 0 Å². The maximum atomic E-state index is 3.81. The Hall–Kier alpha value is -0.300. The van der Waals surface area contributed by atoms with Crippen LogP contribution in [-0.2, 0) is 0 Å². The van der Waals surface area contributed by atoms with E-state index in [0.717, 1.165) is 5.92 Å². The molecule has 2 atom stereocenters. The van der Waals surface area contributed by atoms with Crippen molar-refractivity contribution in [2.45, 2.75) is 26.2 Å². The summed E-state index contributed by atoms with van der Waals surface area (Å²) in [4.78, 5) is 0. The van der Waals surface area contributed by atoms with Gasteiger partial charge in [0.1, 0.15) is 0 Å². The van der Waals surface area contributed by atoms with Crippen LogP contribution in [0.25, 0.3) is 0 Å². The molecule has 0 aromatic heterocycles. The van der Waals surface area contributed by atoms with Gasteiger partial charge >= 0.3 is 0 Å². The van der Waals surface area contributed by atoms with Crippen LogP contribution in [0.2, 0.25) is 0 Å². The van der Waals surface area contributed by atoms with Crippen molar-refractivity contribution in [1.82, 2.24) is 0 Å². The molecular weight excluding hydrogens is 146 g/mol. The van der Waals surface area contributed by atoms with Gasteiger partial charge in [0.15, 0.2) is 0 Å². The second kappa shape index (κ2) is 4.08. The summed E-state index contributed by atoms with van der Waals surface area (Å²) < 4.78 is 1.30. The monoisotopic (exact) mass is 168 g/mol. The van der Waals surface area contributed by atoms with Gasteiger partial charge in [-0.15, -0.1) is 6.58 Å². The first-order valence-electron chi connectivity index (χ1n) is 5.14. The molecular formula is C11H22N+. The van der Waals surface area contributed by atoms with Crippen LogP contribution in [0.4, 0.5) is 0 Å². The third-order valence-electron chi connectivity index (χ3n) is 3.04. The van der Waals surface area contributed by atoms with E-state index in [4.69, 9.17) is 0 Å². The number of allylic oxidation sites excluding steroid dienone is 1. The molecule has 0 aromatic carbocycles. The molecule has 0 aromatic rings. The van der Waals surface area contributed by atoms with Gasteiger partial charge in [0, 0.05) is 12.3 Å². The van der Waals surface area contributed by atoms with E-state index in [2.05, 4.69) is 26.6 Å². The summed E-state index contributed by atoms with van der Waals surface area (Å²) in [5.74, 6) is 0.916. The van der Waals surface area contributed by atoms with Crippen molar-refractivity contribution in [2.24, 2.45) is 5.92 Å². The van der Waals surface area contributed by atoms with Gasteiger partial charge in [-0.25, -0.2) is 0 Å². The van der Waals surface area contributed by atoms with Gasteiger partial charge in [-0.1, -0.05) is 13.0 Å². The van der Waals surface area contributed by atoms with Crippen LogP contribution in [0, 0.1) is 5.92 Å². The largest absolute Gasteiger partial charge is 0.326 e. The lowest BCUT2D eigenvalue weighted by Crippen LogP contribution is -2.42. The van der Waals surface area contributed by atoms with Gasteiger partial charge in [-0.05, 0) is 12.8 Å². The molecule has 1 saturated heterocycles. The molecule has 0 N–H and O–H groups in total. The first kappa shape index (κ1) is 9.79. The molecule has 0 radical (unpaired) electrons. The molecule has 0 spiro atoms. The van der Waals surface area contributed by atoms with E-state index in [-0.39, 0.29) is 0 Å². The van der Waals surface area contributed by atoms with Crippen LogP contribution in [0.5, 0.6) is 0 Å². The highest BCUT2D eigenvalue weighted by atomic mass is 15.3. The Morgan fingerprint density at radius 3 is 2.92 bits per heavy atom. The highest BCUT2D eigenvalue weighted by Gasteiger charge is 2.32. The first-order valence-corrected chi connectivity index (χ1v) is 5.14. The average Bonchev–Trinajstić information content (AvgIpc) is 2.34. The smallest absolute Gasteiger partial charge is 0.0818 e. The maximum Gasteiger partial charge on any atom is 0.0818 e. The molecule has 1 nitrogen and oxygen atoms in total. The van der Waals surface area contributed by atoms with Crippen LogP contribution < -0.4 is 0 Å². The zero-order chi connectivity index (χ0) is 9.03. The van der Waals surface area contributed by atoms with Crippen molar-refractivity contribution in [2.75, 3.05) is 26.7 Å². The fourth-order valence-corrected chi connectivity index (χ4v) is 2.47. The Morgan fingerprint density at radius 1 is 1.58 bits per heavy atom. The molecule has 0 aliphatic carbocycles. The second-order valence-electron chi connectivity index (χ2n) is 4.43. The quantitative estimate of drug-likeness (QED) is 0.447. The van der Waals surface area contributed by atoms with E-state index in [1.165, 1.54) is 43.4 Å². The molecule has 0 amide bonds. The number of rotatable bonds is 4. The molecule has 70 valence electrons. The Kier molecular flexibility index (Phi) is 3.33. The van der Waals surface area contributed by atoms with Gasteiger partial charge in [0.05, 0.1) is 26.7 Å². The van der Waals surface area contributed by atoms with Gasteiger partial charge in [-0.3, -0.25) is 0 Å². The topological polar surface area (TPSA) is 0 Å². The predicted octanol–water partition coefficient (Wildman–Crippen LogP) is 2.44. The highest BCUT2D eigenvalue weighted by molar-refractivity contribution is 4.76. The zero-order valence-electron chi connectivity index (χ0n) is 8.55. The Bertz CT molecular complexity index is 153. The molecule has 1 aliphatic heterocycles. The van der Waals surface area contributed by atoms with E-state index in [1.54, 1.807) is 0 Å². The van der Waals surface area contributed by atoms with Crippen LogP contribution in [0.1, 0.15) is 26.2 Å². The van der Waals surface area contributed by atoms with Crippen molar-refractivity contribution < 1.29 is 4.48 Å². The molecule has 12 heavy (non-hydrogen) atoms. The van der Waals surface area contributed by atoms with Crippen LogP contribution in [0.15, 0.2) is 12.7 Å². The van der Waals surface area contributed by atoms with E-state index >= 15 is 0 Å². The predicted molar refractivity (Wildman–Crippen MR) is 54.0 cm³/mol. The lowest BCUT2D eigenvalue weighted by atomic mass is 10.1. The Labute approximate surface area is 76.7 Å². The van der Waals surface area contributed by atoms with Crippen LogP contribution in [0.3, 0.4) is 0 Å². The molecule has 2 unspecified atom stereocenters. The molecule has 1 rings (SSSR count). The second-order valence-corrected chi connectivity index (χ2v) is 4.43. The van der Waals surface area contributed by atoms with E-state index in [1.807, 2.05) is 0 Å². The minimum absolute atomic E-state index is 0.916. The molecule has 0 bridgehead atoms. The van der Waals surface area contributed by atoms with Gasteiger partial charge in [0.2, 0.25) is 0 Å². The lowest BCUT2D eigenvalue weighted by molar-refractivity contribution is -0.899. The minimum atomic E-state index is 0.916. The molecule has 1 aliphatic rings. The fourth-order valence-electron chi connectivity index (χ4n) is 2.47. The summed E-state index contributed by atoms with van der Waals surface area (Å²) in [6.45, 7) is 10.2. The third kappa shape index (κ3) is 2.34. The van der Waals surface area contributed by atoms with E-state index in [9.17, 15) is 0 Å². The summed E-state index contributed by atoms with van der Waals surface area (Å²) in [7, 11) is 2.40. The van der Waals surface area contributed by atoms with Crippen LogP contribution in [-0.4, -0.2) is 31.2 Å². The summed E-state index contributed by atoms with van der Waals surface area (Å²) in [5.41, 5.74) is 0. The van der Waals surface area contributed by atoms with Gasteiger partial charge in [0.25, 0.3) is 0 Å². The summed E-state index contributed by atoms with van der Waals surface area (Å²) in [6.07, 6.45) is 6.02. The number of hydrogen-bond acceptors (Lipinski definition) is 0. The average molecular weight is 168 g/mol. The third-order valence-corrected chi connectivity index (χ3v) is 3.04. The van der Waals surface area contributed by atoms with Crippen molar-refractivity contribution in [1.29, 1.82) is 0 Å². The molecule has 1 heterocycles. The maximum absolute atomic E-state index is 3.81. The SMILES string of the molecule is C=CCC1CC[N+](C)(CCC)C1. The minimum Gasteiger partial charge on any atom is -0.326 e. The summed E-state index contributed by atoms with van der Waals surface area (Å²) in [5, 5.41) is 0. The summed E-state index contributed by atoms with van der Waals surface area (Å²) >= 11 is 0. The van der Waals surface area contributed by atoms with Crippen molar-refractivity contribution in [3.8, 4) is 0 Å². The molecule has 1 fully saturated rings. The van der Waals surface area contributed by atoms with E-state index in [0.29, 0.717) is 0 Å². The molecule has 0 saturated carbocycles. The van der Waals surface area contributed by atoms with Crippen molar-refractivity contribution in [3.63, 3.8) is 0 Å². The first-order chi connectivity index (χ1) is 5.70. The Balaban J connectivity index is 2.37. The standard InChI is InChI=1S/C11H22N/c1-4-6-11-7-9-12(3,10-11)8-5-2/h4,11H,1,5-10H2,2-3H3/q+1. The van der Waals surface area contributed by atoms with Crippen molar-refractivity contribution in [3.05, 3.63) is 12.7 Å². The van der Waals surface area contributed by atoms with Gasteiger partial charge in [-0.2, -0.15) is 0 Å². The zero-order valence-corrected chi connectivity index (χ0v) is 8.55. The Morgan fingerprint density at radius 2 is 2.33 bits per heavy atom. The molecule has 1 heteroatoms. The number of hydrogen-bond donors (Lipinski definition) is 0. The van der Waals surface area contributed by atoms with Crippen molar-refractivity contribution >= 4 is 0 Å². The van der Waals surface area contributed by atoms with Gasteiger partial charge < -0.3 is 4.48 Å². The van der Waals surface area contributed by atoms with E-state index < -0.39 is 0 Å². The lowest BCUT2D eigenvalue weighted by Gasteiger charge is -2.29. The fraction of sp³-hybridized carbons (Fsp3) is 0.818. The summed E-state index contributed by atoms with van der Waals surface area (Å²) in [6, 6.07) is 0. The number of quaternary nitrogens is 1. The number of nitrogens with zero attached hydrogens (tertiary/aromatic N) is 1. The highest BCUT2D eigenvalue weighted by Crippen LogP contribution is 2.25. The normalized spacial score (nSPS) is 35.3. The number of likely N-dealkylation sites (tertiary alicyclic amines) is 1.